The lowest BCUT2D eigenvalue weighted by atomic mass is 10.0. The Kier molecular flexibility index (Phi) is 7.11. The predicted molar refractivity (Wildman–Crippen MR) is 176 cm³/mol. The molecular formula is C37H24ClNO3S. The summed E-state index contributed by atoms with van der Waals surface area (Å²) >= 11 is 7.82. The van der Waals surface area contributed by atoms with Crippen molar-refractivity contribution in [1.29, 1.82) is 0 Å². The summed E-state index contributed by atoms with van der Waals surface area (Å²) in [6, 6.07) is 45.9. The van der Waals surface area contributed by atoms with Crippen LogP contribution in [0.5, 0.6) is 0 Å². The molecule has 7 aromatic rings. The van der Waals surface area contributed by atoms with E-state index in [1.54, 1.807) is 18.2 Å². The Bertz CT molecular complexity index is 2110. The smallest absolute Gasteiger partial charge is 0.336 e. The van der Waals surface area contributed by atoms with Gasteiger partial charge in [-0.2, -0.15) is 0 Å². The number of nitrogens with zero attached hydrogens (tertiary/aromatic N) is 1. The Balaban J connectivity index is 1.43. The maximum Gasteiger partial charge on any atom is 0.336 e. The molecule has 0 bridgehead atoms. The molecule has 0 fully saturated rings. The van der Waals surface area contributed by atoms with Gasteiger partial charge in [-0.05, 0) is 66.2 Å². The fourth-order valence-electron chi connectivity index (χ4n) is 5.38. The zero-order valence-electron chi connectivity index (χ0n) is 22.8. The van der Waals surface area contributed by atoms with E-state index in [0.29, 0.717) is 9.92 Å². The maximum atomic E-state index is 11.9. The van der Waals surface area contributed by atoms with Crippen molar-refractivity contribution in [2.45, 2.75) is 9.79 Å². The first-order valence-corrected chi connectivity index (χ1v) is 14.9. The van der Waals surface area contributed by atoms with Gasteiger partial charge >= 0.3 is 5.97 Å². The van der Waals surface area contributed by atoms with Crippen LogP contribution in [-0.2, 0) is 0 Å². The van der Waals surface area contributed by atoms with Crippen molar-refractivity contribution in [3.8, 4) is 11.1 Å². The number of halogens is 1. The van der Waals surface area contributed by atoms with Crippen LogP contribution in [0.4, 0.5) is 17.1 Å². The second-order valence-electron chi connectivity index (χ2n) is 10.0. The van der Waals surface area contributed by atoms with Crippen LogP contribution in [0.1, 0.15) is 10.4 Å². The van der Waals surface area contributed by atoms with Gasteiger partial charge in [-0.1, -0.05) is 102 Å². The minimum Gasteiger partial charge on any atom is -0.478 e. The highest BCUT2D eigenvalue weighted by Gasteiger charge is 2.20. The van der Waals surface area contributed by atoms with E-state index in [1.165, 1.54) is 11.8 Å². The summed E-state index contributed by atoms with van der Waals surface area (Å²) in [5.74, 6) is -1.01. The van der Waals surface area contributed by atoms with E-state index in [4.69, 9.17) is 16.0 Å². The van der Waals surface area contributed by atoms with E-state index in [2.05, 4.69) is 59.5 Å². The highest BCUT2D eigenvalue weighted by Crippen LogP contribution is 2.44. The minimum atomic E-state index is -1.01. The minimum absolute atomic E-state index is 0.174. The molecule has 0 spiro atoms. The first-order valence-electron chi connectivity index (χ1n) is 13.7. The molecule has 0 aliphatic carbocycles. The average molecular weight is 598 g/mol. The van der Waals surface area contributed by atoms with E-state index in [1.807, 2.05) is 66.7 Å². The second-order valence-corrected chi connectivity index (χ2v) is 11.5. The molecule has 0 saturated heterocycles. The van der Waals surface area contributed by atoms with Crippen LogP contribution < -0.4 is 4.90 Å². The molecule has 6 heteroatoms. The molecule has 0 aliphatic rings. The van der Waals surface area contributed by atoms with Crippen LogP contribution in [0, 0.1) is 0 Å². The van der Waals surface area contributed by atoms with Crippen molar-refractivity contribution in [2.24, 2.45) is 0 Å². The summed E-state index contributed by atoms with van der Waals surface area (Å²) in [7, 11) is 0. The number of carboxylic acid groups (broad SMARTS) is 1. The predicted octanol–water partition coefficient (Wildman–Crippen LogP) is 11.2. The number of carboxylic acids is 1. The van der Waals surface area contributed by atoms with Crippen LogP contribution in [0.2, 0.25) is 5.02 Å². The van der Waals surface area contributed by atoms with E-state index in [0.717, 1.165) is 55.0 Å². The Morgan fingerprint density at radius 1 is 0.674 bits per heavy atom. The molecule has 208 valence electrons. The molecule has 1 aromatic heterocycles. The van der Waals surface area contributed by atoms with Crippen LogP contribution in [0.3, 0.4) is 0 Å². The van der Waals surface area contributed by atoms with Crippen molar-refractivity contribution in [1.82, 2.24) is 0 Å². The lowest BCUT2D eigenvalue weighted by Gasteiger charge is -2.26. The SMILES string of the molecule is O=C(O)c1cccc(Cl)c1Sc1cccc(N(c2ccccc2)c2cc(-c3ccccc3)c3oc4ccccc4c3c2)c1. The third-order valence-corrected chi connectivity index (χ3v) is 8.87. The number of furan rings is 1. The standard InChI is InChI=1S/C37H24ClNO3S/c38-33-19-10-18-30(37(40)41)36(33)43-28-16-9-15-26(21-28)39(25-13-5-2-6-14-25)27-22-31(24-11-3-1-4-12-24)35-32(23-27)29-17-7-8-20-34(29)42-35/h1-23H,(H,40,41). The Morgan fingerprint density at radius 3 is 2.16 bits per heavy atom. The van der Waals surface area contributed by atoms with E-state index >= 15 is 0 Å². The van der Waals surface area contributed by atoms with E-state index < -0.39 is 5.97 Å². The summed E-state index contributed by atoms with van der Waals surface area (Å²) in [6.07, 6.45) is 0. The van der Waals surface area contributed by atoms with Crippen molar-refractivity contribution >= 4 is 68.3 Å². The van der Waals surface area contributed by atoms with Crippen LogP contribution >= 0.6 is 23.4 Å². The second kappa shape index (κ2) is 11.4. The first-order chi connectivity index (χ1) is 21.1. The number of fused-ring (bicyclic) bond motifs is 3. The van der Waals surface area contributed by atoms with Crippen LogP contribution in [0.15, 0.2) is 154 Å². The highest BCUT2D eigenvalue weighted by atomic mass is 35.5. The number of hydrogen-bond acceptors (Lipinski definition) is 4. The molecule has 1 heterocycles. The highest BCUT2D eigenvalue weighted by molar-refractivity contribution is 7.99. The third-order valence-electron chi connectivity index (χ3n) is 7.31. The zero-order chi connectivity index (χ0) is 29.3. The van der Waals surface area contributed by atoms with E-state index in [9.17, 15) is 9.90 Å². The van der Waals surface area contributed by atoms with Gasteiger partial charge in [0, 0.05) is 43.2 Å². The van der Waals surface area contributed by atoms with Gasteiger partial charge in [0.05, 0.1) is 10.6 Å². The van der Waals surface area contributed by atoms with Crippen molar-refractivity contribution in [3.05, 3.63) is 150 Å². The van der Waals surface area contributed by atoms with Gasteiger partial charge in [-0.3, -0.25) is 0 Å². The lowest BCUT2D eigenvalue weighted by molar-refractivity contribution is 0.0693. The van der Waals surface area contributed by atoms with Gasteiger partial charge in [-0.15, -0.1) is 0 Å². The Morgan fingerprint density at radius 2 is 1.37 bits per heavy atom. The third kappa shape index (κ3) is 5.14. The molecule has 0 aliphatic heterocycles. The lowest BCUT2D eigenvalue weighted by Crippen LogP contribution is -2.10. The van der Waals surface area contributed by atoms with Crippen LogP contribution in [0.25, 0.3) is 33.1 Å². The molecule has 4 nitrogen and oxygen atoms in total. The number of rotatable bonds is 7. The number of para-hydroxylation sites is 2. The summed E-state index contributed by atoms with van der Waals surface area (Å²) in [5, 5.41) is 12.3. The van der Waals surface area contributed by atoms with Crippen LogP contribution in [-0.4, -0.2) is 11.1 Å². The molecule has 1 N–H and O–H groups in total. The molecule has 0 amide bonds. The summed E-state index contributed by atoms with van der Waals surface area (Å²) < 4.78 is 6.43. The monoisotopic (exact) mass is 597 g/mol. The number of anilines is 3. The van der Waals surface area contributed by atoms with Gasteiger partial charge in [-0.25, -0.2) is 4.79 Å². The molecule has 6 aromatic carbocycles. The number of carbonyl (C=O) groups is 1. The van der Waals surface area contributed by atoms with Crippen molar-refractivity contribution in [3.63, 3.8) is 0 Å². The molecule has 0 unspecified atom stereocenters. The molecule has 0 atom stereocenters. The summed E-state index contributed by atoms with van der Waals surface area (Å²) in [6.45, 7) is 0. The Hall–Kier alpha value is -4.97. The largest absolute Gasteiger partial charge is 0.478 e. The van der Waals surface area contributed by atoms with E-state index in [-0.39, 0.29) is 5.56 Å². The number of aromatic carboxylic acids is 1. The van der Waals surface area contributed by atoms with Gasteiger partial charge < -0.3 is 14.4 Å². The molecular weight excluding hydrogens is 574 g/mol. The van der Waals surface area contributed by atoms with Gasteiger partial charge in [0.15, 0.2) is 0 Å². The van der Waals surface area contributed by atoms with Gasteiger partial charge in [0.2, 0.25) is 0 Å². The maximum absolute atomic E-state index is 11.9. The molecule has 43 heavy (non-hydrogen) atoms. The molecule has 7 rings (SSSR count). The topological polar surface area (TPSA) is 53.7 Å². The quantitative estimate of drug-likeness (QED) is 0.198. The van der Waals surface area contributed by atoms with Gasteiger partial charge in [0.1, 0.15) is 11.2 Å². The average Bonchev–Trinajstić information content (AvgIpc) is 3.42. The van der Waals surface area contributed by atoms with Gasteiger partial charge in [0.25, 0.3) is 0 Å². The molecule has 0 radical (unpaired) electrons. The summed E-state index contributed by atoms with van der Waals surface area (Å²) in [4.78, 5) is 15.5. The fraction of sp³-hybridized carbons (Fsp3) is 0. The van der Waals surface area contributed by atoms with Crippen molar-refractivity contribution in [2.75, 3.05) is 4.90 Å². The fourth-order valence-corrected chi connectivity index (χ4v) is 6.67. The first kappa shape index (κ1) is 26.9. The number of hydrogen-bond donors (Lipinski definition) is 1. The summed E-state index contributed by atoms with van der Waals surface area (Å²) in [5.41, 5.74) is 6.79. The van der Waals surface area contributed by atoms with Crippen molar-refractivity contribution < 1.29 is 14.3 Å². The Labute approximate surface area is 257 Å². The molecule has 0 saturated carbocycles. The number of benzene rings is 6. The zero-order valence-corrected chi connectivity index (χ0v) is 24.3. The normalized spacial score (nSPS) is 11.2.